The molecule has 0 aliphatic carbocycles. The first-order valence-electron chi connectivity index (χ1n) is 6.78. The van der Waals surface area contributed by atoms with Crippen LogP contribution in [0.1, 0.15) is 42.4 Å². The summed E-state index contributed by atoms with van der Waals surface area (Å²) in [5.41, 5.74) is 2.96. The molecule has 0 atom stereocenters. The Bertz CT molecular complexity index is 541. The molecule has 1 N–H and O–H groups in total. The van der Waals surface area contributed by atoms with E-state index in [2.05, 4.69) is 0 Å². The fourth-order valence-electron chi connectivity index (χ4n) is 2.25. The summed E-state index contributed by atoms with van der Waals surface area (Å²) in [6, 6.07) is 5.81. The molecule has 1 aromatic rings. The maximum Gasteiger partial charge on any atom is 0.303 e. The first-order valence-corrected chi connectivity index (χ1v) is 8.60. The number of carboxylic acid groups (broad SMARTS) is 1. The Kier molecular flexibility index (Phi) is 6.20. The Hall–Kier alpha value is -1.36. The summed E-state index contributed by atoms with van der Waals surface area (Å²) in [6.07, 6.45) is 1.81. The van der Waals surface area contributed by atoms with E-state index < -0.39 is 15.8 Å². The average Bonchev–Trinajstić information content (AvgIpc) is 2.25. The second kappa shape index (κ2) is 7.43. The highest BCUT2D eigenvalue weighted by atomic mass is 32.2. The summed E-state index contributed by atoms with van der Waals surface area (Å²) in [5, 5.41) is 8.50. The highest BCUT2D eigenvalue weighted by Crippen LogP contribution is 2.14. The Labute approximate surface area is 120 Å². The smallest absolute Gasteiger partial charge is 0.303 e. The summed E-state index contributed by atoms with van der Waals surface area (Å²) in [4.78, 5) is 10.3. The second-order valence-corrected chi connectivity index (χ2v) is 7.48. The number of carboxylic acids is 1. The summed E-state index contributed by atoms with van der Waals surface area (Å²) >= 11 is 0. The van der Waals surface area contributed by atoms with Crippen LogP contribution in [-0.2, 0) is 20.4 Å². The minimum Gasteiger partial charge on any atom is -0.481 e. The number of rotatable bonds is 8. The van der Waals surface area contributed by atoms with Gasteiger partial charge in [0.15, 0.2) is 9.84 Å². The van der Waals surface area contributed by atoms with E-state index in [-0.39, 0.29) is 17.9 Å². The van der Waals surface area contributed by atoms with Crippen LogP contribution in [0, 0.1) is 13.8 Å². The average molecular weight is 298 g/mol. The van der Waals surface area contributed by atoms with Crippen molar-refractivity contribution in [2.24, 2.45) is 0 Å². The number of hydrogen-bond donors (Lipinski definition) is 1. The fourth-order valence-corrected chi connectivity index (χ4v) is 3.72. The number of carbonyl (C=O) groups is 1. The number of hydrogen-bond acceptors (Lipinski definition) is 3. The van der Waals surface area contributed by atoms with Crippen molar-refractivity contribution >= 4 is 15.8 Å². The van der Waals surface area contributed by atoms with Gasteiger partial charge in [-0.1, -0.05) is 35.7 Å². The van der Waals surface area contributed by atoms with Gasteiger partial charge in [0.2, 0.25) is 0 Å². The molecule has 112 valence electrons. The van der Waals surface area contributed by atoms with E-state index in [0.717, 1.165) is 16.7 Å². The van der Waals surface area contributed by atoms with Gasteiger partial charge >= 0.3 is 5.97 Å². The van der Waals surface area contributed by atoms with Gasteiger partial charge in [-0.2, -0.15) is 0 Å². The molecule has 0 bridgehead atoms. The summed E-state index contributed by atoms with van der Waals surface area (Å²) < 4.78 is 24.0. The summed E-state index contributed by atoms with van der Waals surface area (Å²) in [5.74, 6) is -0.642. The van der Waals surface area contributed by atoms with E-state index in [1.165, 1.54) is 0 Å². The van der Waals surface area contributed by atoms with Crippen LogP contribution in [0.25, 0.3) is 0 Å². The normalized spacial score (nSPS) is 11.5. The van der Waals surface area contributed by atoms with Gasteiger partial charge in [-0.05, 0) is 32.3 Å². The van der Waals surface area contributed by atoms with Crippen LogP contribution in [0.15, 0.2) is 18.2 Å². The van der Waals surface area contributed by atoms with Crippen LogP contribution in [0.5, 0.6) is 0 Å². The van der Waals surface area contributed by atoms with Gasteiger partial charge in [-0.25, -0.2) is 8.42 Å². The SMILES string of the molecule is Cc1cc(C)cc(CS(=O)(=O)CCCCCC(=O)O)c1. The predicted molar refractivity (Wildman–Crippen MR) is 79.5 cm³/mol. The molecule has 0 aliphatic heterocycles. The highest BCUT2D eigenvalue weighted by Gasteiger charge is 2.12. The number of aryl methyl sites for hydroxylation is 2. The van der Waals surface area contributed by atoms with Crippen molar-refractivity contribution in [3.05, 3.63) is 34.9 Å². The lowest BCUT2D eigenvalue weighted by molar-refractivity contribution is -0.137. The molecule has 0 unspecified atom stereocenters. The summed E-state index contributed by atoms with van der Waals surface area (Å²) in [6.45, 7) is 3.91. The van der Waals surface area contributed by atoms with Crippen LogP contribution in [0.4, 0.5) is 0 Å². The van der Waals surface area contributed by atoms with Gasteiger partial charge < -0.3 is 5.11 Å². The molecule has 0 amide bonds. The molecule has 0 fully saturated rings. The van der Waals surface area contributed by atoms with Gasteiger partial charge in [-0.3, -0.25) is 4.79 Å². The van der Waals surface area contributed by atoms with E-state index in [9.17, 15) is 13.2 Å². The van der Waals surface area contributed by atoms with Gasteiger partial charge in [0, 0.05) is 6.42 Å². The molecule has 1 rings (SSSR count). The third-order valence-electron chi connectivity index (χ3n) is 3.01. The molecule has 1 aromatic carbocycles. The van der Waals surface area contributed by atoms with Crippen LogP contribution < -0.4 is 0 Å². The first-order chi connectivity index (χ1) is 9.28. The Balaban J connectivity index is 2.47. The minimum absolute atomic E-state index is 0.0639. The lowest BCUT2D eigenvalue weighted by Crippen LogP contribution is -2.10. The lowest BCUT2D eigenvalue weighted by Gasteiger charge is -2.07. The number of sulfone groups is 1. The number of unbranched alkanes of at least 4 members (excludes halogenated alkanes) is 2. The number of aliphatic carboxylic acids is 1. The fraction of sp³-hybridized carbons (Fsp3) is 0.533. The molecule has 0 saturated heterocycles. The van der Waals surface area contributed by atoms with Gasteiger partial charge in [0.1, 0.15) is 0 Å². The molecule has 0 saturated carbocycles. The van der Waals surface area contributed by atoms with Crippen molar-refractivity contribution in [1.29, 1.82) is 0 Å². The third kappa shape index (κ3) is 6.70. The molecule has 4 nitrogen and oxygen atoms in total. The zero-order valence-electron chi connectivity index (χ0n) is 12.1. The highest BCUT2D eigenvalue weighted by molar-refractivity contribution is 7.90. The van der Waals surface area contributed by atoms with Gasteiger partial charge in [0.05, 0.1) is 11.5 Å². The maximum atomic E-state index is 12.0. The zero-order valence-corrected chi connectivity index (χ0v) is 12.9. The zero-order chi connectivity index (χ0) is 15.2. The Morgan fingerprint density at radius 3 is 2.20 bits per heavy atom. The topological polar surface area (TPSA) is 71.4 Å². The van der Waals surface area contributed by atoms with Crippen molar-refractivity contribution in [3.63, 3.8) is 0 Å². The Morgan fingerprint density at radius 2 is 1.65 bits per heavy atom. The molecule has 20 heavy (non-hydrogen) atoms. The summed E-state index contributed by atoms with van der Waals surface area (Å²) in [7, 11) is -3.12. The second-order valence-electron chi connectivity index (χ2n) is 5.29. The third-order valence-corrected chi connectivity index (χ3v) is 4.70. The van der Waals surface area contributed by atoms with Crippen molar-refractivity contribution in [3.8, 4) is 0 Å². The molecule has 0 heterocycles. The quantitative estimate of drug-likeness (QED) is 0.749. The first kappa shape index (κ1) is 16.7. The van der Waals surface area contributed by atoms with E-state index in [4.69, 9.17) is 5.11 Å². The molecule has 5 heteroatoms. The van der Waals surface area contributed by atoms with Crippen molar-refractivity contribution in [2.45, 2.75) is 45.3 Å². The molecule has 0 spiro atoms. The molecule has 0 aromatic heterocycles. The predicted octanol–water partition coefficient (Wildman–Crippen LogP) is 2.86. The molecule has 0 radical (unpaired) electrons. The van der Waals surface area contributed by atoms with Crippen LogP contribution in [0.3, 0.4) is 0 Å². The van der Waals surface area contributed by atoms with Crippen molar-refractivity contribution < 1.29 is 18.3 Å². The molecular formula is C15H22O4S. The van der Waals surface area contributed by atoms with Crippen LogP contribution >= 0.6 is 0 Å². The van der Waals surface area contributed by atoms with E-state index in [0.29, 0.717) is 19.3 Å². The number of benzene rings is 1. The van der Waals surface area contributed by atoms with E-state index in [1.807, 2.05) is 32.0 Å². The van der Waals surface area contributed by atoms with Gasteiger partial charge in [0.25, 0.3) is 0 Å². The van der Waals surface area contributed by atoms with Crippen molar-refractivity contribution in [2.75, 3.05) is 5.75 Å². The lowest BCUT2D eigenvalue weighted by atomic mass is 10.1. The van der Waals surface area contributed by atoms with Crippen LogP contribution in [0.2, 0.25) is 0 Å². The molecular weight excluding hydrogens is 276 g/mol. The van der Waals surface area contributed by atoms with Gasteiger partial charge in [-0.15, -0.1) is 0 Å². The van der Waals surface area contributed by atoms with Crippen molar-refractivity contribution in [1.82, 2.24) is 0 Å². The largest absolute Gasteiger partial charge is 0.481 e. The Morgan fingerprint density at radius 1 is 1.05 bits per heavy atom. The minimum atomic E-state index is -3.12. The van der Waals surface area contributed by atoms with E-state index >= 15 is 0 Å². The molecule has 0 aliphatic rings. The standard InChI is InChI=1S/C15H22O4S/c1-12-8-13(2)10-14(9-12)11-20(18,19)7-5-3-4-6-15(16)17/h8-10H,3-7,11H2,1-2H3,(H,16,17). The van der Waals surface area contributed by atoms with Crippen LogP contribution in [-0.4, -0.2) is 25.2 Å². The van der Waals surface area contributed by atoms with E-state index in [1.54, 1.807) is 0 Å². The monoisotopic (exact) mass is 298 g/mol. The maximum absolute atomic E-state index is 12.0.